The van der Waals surface area contributed by atoms with Crippen LogP contribution < -0.4 is 20.1 Å². The molecule has 0 saturated heterocycles. The Morgan fingerprint density at radius 2 is 1.90 bits per heavy atom. The lowest BCUT2D eigenvalue weighted by atomic mass is 9.95. The zero-order valence-corrected chi connectivity index (χ0v) is 19.4. The standard InChI is InChI=1S/C23H25BrN2O5/c1-13(2)31-22(27)19-14(3)25-23(28)26-20(19)16-10-17(24)21(18(11-16)29-4)30-12-15-8-6-5-7-9-15/h5-11,13,20H,12H2,1-4H3,(H2,25,26,28). The summed E-state index contributed by atoms with van der Waals surface area (Å²) in [6, 6.07) is 12.2. The lowest BCUT2D eigenvalue weighted by Crippen LogP contribution is -2.45. The Balaban J connectivity index is 1.95. The van der Waals surface area contributed by atoms with E-state index in [1.165, 1.54) is 7.11 Å². The van der Waals surface area contributed by atoms with Crippen molar-refractivity contribution in [2.75, 3.05) is 7.11 Å². The van der Waals surface area contributed by atoms with Crippen LogP contribution in [0.1, 0.15) is 37.9 Å². The molecule has 2 N–H and O–H groups in total. The van der Waals surface area contributed by atoms with Gasteiger partial charge in [0.15, 0.2) is 11.5 Å². The topological polar surface area (TPSA) is 85.9 Å². The molecule has 0 saturated carbocycles. The smallest absolute Gasteiger partial charge is 0.338 e. The van der Waals surface area contributed by atoms with Gasteiger partial charge in [0.1, 0.15) is 6.61 Å². The molecule has 2 aromatic carbocycles. The van der Waals surface area contributed by atoms with Gasteiger partial charge in [-0.15, -0.1) is 0 Å². The number of hydrogen-bond donors (Lipinski definition) is 2. The maximum atomic E-state index is 12.7. The second-order valence-corrected chi connectivity index (χ2v) is 8.19. The van der Waals surface area contributed by atoms with Gasteiger partial charge in [0.05, 0.1) is 29.3 Å². The fraction of sp³-hybridized carbons (Fsp3) is 0.304. The minimum atomic E-state index is -0.701. The molecule has 2 amide bonds. The number of benzene rings is 2. The molecule has 0 bridgehead atoms. The number of esters is 1. The van der Waals surface area contributed by atoms with Crippen LogP contribution >= 0.6 is 15.9 Å². The minimum absolute atomic E-state index is 0.291. The summed E-state index contributed by atoms with van der Waals surface area (Å²) >= 11 is 3.54. The van der Waals surface area contributed by atoms with Crippen LogP contribution in [0.4, 0.5) is 4.79 Å². The predicted octanol–water partition coefficient (Wildman–Crippen LogP) is 4.62. The third kappa shape index (κ3) is 5.38. The van der Waals surface area contributed by atoms with E-state index >= 15 is 0 Å². The highest BCUT2D eigenvalue weighted by atomic mass is 79.9. The highest BCUT2D eigenvalue weighted by molar-refractivity contribution is 9.10. The monoisotopic (exact) mass is 488 g/mol. The van der Waals surface area contributed by atoms with E-state index in [4.69, 9.17) is 14.2 Å². The Kier molecular flexibility index (Phi) is 7.22. The third-order valence-corrected chi connectivity index (χ3v) is 5.23. The molecule has 31 heavy (non-hydrogen) atoms. The summed E-state index contributed by atoms with van der Waals surface area (Å²) < 4.78 is 17.6. The number of amides is 2. The van der Waals surface area contributed by atoms with Crippen molar-refractivity contribution in [1.82, 2.24) is 10.6 Å². The number of nitrogens with one attached hydrogen (secondary N) is 2. The Bertz CT molecular complexity index is 1000. The molecule has 1 atom stereocenters. The van der Waals surface area contributed by atoms with E-state index in [9.17, 15) is 9.59 Å². The first-order chi connectivity index (χ1) is 14.8. The molecule has 1 aliphatic rings. The Morgan fingerprint density at radius 3 is 2.55 bits per heavy atom. The number of carbonyl (C=O) groups excluding carboxylic acids is 2. The van der Waals surface area contributed by atoms with Gasteiger partial charge in [-0.2, -0.15) is 0 Å². The molecule has 1 aliphatic heterocycles. The number of allylic oxidation sites excluding steroid dienone is 1. The van der Waals surface area contributed by atoms with Crippen LogP contribution in [0.2, 0.25) is 0 Å². The molecule has 0 radical (unpaired) electrons. The highest BCUT2D eigenvalue weighted by Gasteiger charge is 2.33. The van der Waals surface area contributed by atoms with Crippen molar-refractivity contribution in [3.05, 3.63) is 69.3 Å². The third-order valence-electron chi connectivity index (χ3n) is 4.64. The van der Waals surface area contributed by atoms with E-state index < -0.39 is 18.0 Å². The van der Waals surface area contributed by atoms with Crippen molar-refractivity contribution in [2.24, 2.45) is 0 Å². The fourth-order valence-electron chi connectivity index (χ4n) is 3.27. The Hall–Kier alpha value is -3.00. The fourth-order valence-corrected chi connectivity index (χ4v) is 3.84. The molecule has 164 valence electrons. The van der Waals surface area contributed by atoms with Gasteiger partial charge in [-0.25, -0.2) is 9.59 Å². The van der Waals surface area contributed by atoms with Crippen molar-refractivity contribution in [3.8, 4) is 11.5 Å². The summed E-state index contributed by atoms with van der Waals surface area (Å²) in [6.07, 6.45) is -0.291. The summed E-state index contributed by atoms with van der Waals surface area (Å²) in [7, 11) is 1.54. The molecule has 1 heterocycles. The second-order valence-electron chi connectivity index (χ2n) is 7.33. The van der Waals surface area contributed by atoms with Crippen LogP contribution in [-0.4, -0.2) is 25.2 Å². The summed E-state index contributed by atoms with van der Waals surface area (Å²) in [4.78, 5) is 24.9. The van der Waals surface area contributed by atoms with Gasteiger partial charge in [-0.1, -0.05) is 30.3 Å². The van der Waals surface area contributed by atoms with Gasteiger partial charge in [0.2, 0.25) is 0 Å². The molecule has 7 nitrogen and oxygen atoms in total. The van der Waals surface area contributed by atoms with E-state index in [2.05, 4.69) is 26.6 Å². The Labute approximate surface area is 189 Å². The molecule has 3 rings (SSSR count). The Morgan fingerprint density at radius 1 is 1.19 bits per heavy atom. The van der Waals surface area contributed by atoms with Gasteiger partial charge in [0, 0.05) is 5.70 Å². The predicted molar refractivity (Wildman–Crippen MR) is 120 cm³/mol. The molecule has 0 aromatic heterocycles. The van der Waals surface area contributed by atoms with E-state index in [1.807, 2.05) is 30.3 Å². The largest absolute Gasteiger partial charge is 0.493 e. The van der Waals surface area contributed by atoms with Crippen molar-refractivity contribution in [2.45, 2.75) is 39.5 Å². The van der Waals surface area contributed by atoms with Gasteiger partial charge in [-0.3, -0.25) is 0 Å². The summed E-state index contributed by atoms with van der Waals surface area (Å²) in [5, 5.41) is 5.43. The van der Waals surface area contributed by atoms with Crippen molar-refractivity contribution in [3.63, 3.8) is 0 Å². The first-order valence-electron chi connectivity index (χ1n) is 9.83. The van der Waals surface area contributed by atoms with Crippen LogP contribution in [0.3, 0.4) is 0 Å². The lowest BCUT2D eigenvalue weighted by Gasteiger charge is -2.29. The molecule has 1 unspecified atom stereocenters. The zero-order valence-electron chi connectivity index (χ0n) is 17.8. The van der Waals surface area contributed by atoms with Gasteiger partial charge in [0.25, 0.3) is 0 Å². The van der Waals surface area contributed by atoms with E-state index in [0.29, 0.717) is 39.4 Å². The molecule has 0 fully saturated rings. The first kappa shape index (κ1) is 22.7. The SMILES string of the molecule is COc1cc(C2NC(=O)NC(C)=C2C(=O)OC(C)C)cc(Br)c1OCc1ccccc1. The van der Waals surface area contributed by atoms with Gasteiger partial charge < -0.3 is 24.8 Å². The number of carbonyl (C=O) groups is 2. The summed E-state index contributed by atoms with van der Waals surface area (Å²) in [5.41, 5.74) is 2.45. The van der Waals surface area contributed by atoms with Crippen molar-refractivity contribution < 1.29 is 23.8 Å². The van der Waals surface area contributed by atoms with Crippen LogP contribution in [-0.2, 0) is 16.1 Å². The zero-order chi connectivity index (χ0) is 22.5. The maximum absolute atomic E-state index is 12.7. The average molecular weight is 489 g/mol. The quantitative estimate of drug-likeness (QED) is 0.555. The highest BCUT2D eigenvalue weighted by Crippen LogP contribution is 2.40. The van der Waals surface area contributed by atoms with Gasteiger partial charge in [-0.05, 0) is 60.0 Å². The summed E-state index contributed by atoms with van der Waals surface area (Å²) in [5.74, 6) is 0.509. The van der Waals surface area contributed by atoms with Gasteiger partial charge >= 0.3 is 12.0 Å². The molecular weight excluding hydrogens is 464 g/mol. The molecule has 8 heteroatoms. The molecular formula is C23H25BrN2O5. The first-order valence-corrected chi connectivity index (χ1v) is 10.6. The molecule has 0 aliphatic carbocycles. The summed E-state index contributed by atoms with van der Waals surface area (Å²) in [6.45, 7) is 5.59. The number of rotatable bonds is 7. The van der Waals surface area contributed by atoms with Crippen LogP contribution in [0.5, 0.6) is 11.5 Å². The normalized spacial score (nSPS) is 15.9. The van der Waals surface area contributed by atoms with Crippen LogP contribution in [0.25, 0.3) is 0 Å². The molecule has 2 aromatic rings. The number of ether oxygens (including phenoxy) is 3. The van der Waals surface area contributed by atoms with E-state index in [0.717, 1.165) is 5.56 Å². The van der Waals surface area contributed by atoms with Crippen molar-refractivity contribution >= 4 is 27.9 Å². The number of methoxy groups -OCH3 is 1. The van der Waals surface area contributed by atoms with Crippen LogP contribution in [0.15, 0.2) is 58.2 Å². The maximum Gasteiger partial charge on any atom is 0.338 e. The average Bonchev–Trinajstić information content (AvgIpc) is 2.71. The minimum Gasteiger partial charge on any atom is -0.493 e. The lowest BCUT2D eigenvalue weighted by molar-refractivity contribution is -0.143. The number of urea groups is 1. The number of halogens is 1. The number of hydrogen-bond acceptors (Lipinski definition) is 5. The second kappa shape index (κ2) is 9.87. The van der Waals surface area contributed by atoms with E-state index in [1.54, 1.807) is 32.9 Å². The molecule has 0 spiro atoms. The van der Waals surface area contributed by atoms with E-state index in [-0.39, 0.29) is 6.10 Å². The van der Waals surface area contributed by atoms with Crippen molar-refractivity contribution in [1.29, 1.82) is 0 Å². The van der Waals surface area contributed by atoms with Crippen LogP contribution in [0, 0.1) is 0 Å².